The number of amides is 1. The first-order valence-corrected chi connectivity index (χ1v) is 10.6. The fraction of sp³-hybridized carbons (Fsp3) is 0.273. The summed E-state index contributed by atoms with van der Waals surface area (Å²) >= 11 is 1.33. The Bertz CT molecular complexity index is 1200. The molecule has 31 heavy (non-hydrogen) atoms. The summed E-state index contributed by atoms with van der Waals surface area (Å²) in [6, 6.07) is 9.91. The van der Waals surface area contributed by atoms with Crippen molar-refractivity contribution in [2.45, 2.75) is 26.6 Å². The van der Waals surface area contributed by atoms with Crippen LogP contribution in [0.2, 0.25) is 0 Å². The number of benzene rings is 1. The highest BCUT2D eigenvalue weighted by molar-refractivity contribution is 7.20. The van der Waals surface area contributed by atoms with Crippen LogP contribution in [0.3, 0.4) is 0 Å². The van der Waals surface area contributed by atoms with Crippen LogP contribution in [0.1, 0.15) is 32.2 Å². The highest BCUT2D eigenvalue weighted by Gasteiger charge is 2.21. The molecule has 0 aliphatic carbocycles. The highest BCUT2D eigenvalue weighted by atomic mass is 32.1. The van der Waals surface area contributed by atoms with Gasteiger partial charge in [0.1, 0.15) is 11.4 Å². The number of carbonyl (C=O) groups excluding carboxylic acids is 1. The lowest BCUT2D eigenvalue weighted by atomic mass is 10.1. The van der Waals surface area contributed by atoms with Crippen molar-refractivity contribution in [2.75, 3.05) is 14.2 Å². The second kappa shape index (κ2) is 9.23. The van der Waals surface area contributed by atoms with Crippen molar-refractivity contribution >= 4 is 27.5 Å². The van der Waals surface area contributed by atoms with E-state index in [0.29, 0.717) is 34.5 Å². The summed E-state index contributed by atoms with van der Waals surface area (Å²) in [6.45, 7) is 3.23. The van der Waals surface area contributed by atoms with Crippen LogP contribution in [0.25, 0.3) is 10.2 Å². The second-order valence-electron chi connectivity index (χ2n) is 6.97. The minimum atomic E-state index is -0.148. The molecule has 4 aromatic rings. The van der Waals surface area contributed by atoms with E-state index in [2.05, 4.69) is 20.4 Å². The molecule has 160 valence electrons. The predicted molar refractivity (Wildman–Crippen MR) is 118 cm³/mol. The van der Waals surface area contributed by atoms with E-state index in [9.17, 15) is 4.79 Å². The first-order chi connectivity index (χ1) is 15.1. The molecule has 0 unspecified atom stereocenters. The number of fused-ring (bicyclic) bond motifs is 1. The SMILES string of the molecule is COCc1nc(OC)c2c(C)c(C(=O)NCc3ccccc3Cn3cccn3)sc2n1. The number of hydrogen-bond donors (Lipinski definition) is 1. The zero-order valence-electron chi connectivity index (χ0n) is 17.6. The van der Waals surface area contributed by atoms with Crippen LogP contribution in [0.4, 0.5) is 0 Å². The monoisotopic (exact) mass is 437 g/mol. The lowest BCUT2D eigenvalue weighted by Crippen LogP contribution is -2.23. The summed E-state index contributed by atoms with van der Waals surface area (Å²) in [5.41, 5.74) is 2.96. The smallest absolute Gasteiger partial charge is 0.261 e. The highest BCUT2D eigenvalue weighted by Crippen LogP contribution is 2.35. The molecule has 0 spiro atoms. The molecule has 8 nitrogen and oxygen atoms in total. The van der Waals surface area contributed by atoms with Crippen molar-refractivity contribution in [3.8, 4) is 5.88 Å². The van der Waals surface area contributed by atoms with Gasteiger partial charge >= 0.3 is 0 Å². The summed E-state index contributed by atoms with van der Waals surface area (Å²) in [4.78, 5) is 23.2. The molecule has 1 N–H and O–H groups in total. The zero-order chi connectivity index (χ0) is 21.8. The van der Waals surface area contributed by atoms with Crippen LogP contribution in [0.5, 0.6) is 5.88 Å². The number of carbonyl (C=O) groups is 1. The van der Waals surface area contributed by atoms with Gasteiger partial charge in [0.05, 0.1) is 23.9 Å². The maximum absolute atomic E-state index is 13.0. The minimum absolute atomic E-state index is 0.148. The average molecular weight is 438 g/mol. The largest absolute Gasteiger partial charge is 0.480 e. The standard InChI is InChI=1S/C22H23N5O3S/c1-14-18-21(30-3)25-17(13-29-2)26-22(18)31-19(14)20(28)23-11-15-7-4-5-8-16(15)12-27-10-6-9-24-27/h4-10H,11-13H2,1-3H3,(H,23,28). The number of thiophene rings is 1. The summed E-state index contributed by atoms with van der Waals surface area (Å²) < 4.78 is 12.4. The van der Waals surface area contributed by atoms with Gasteiger partial charge in [0.25, 0.3) is 5.91 Å². The van der Waals surface area contributed by atoms with Gasteiger partial charge in [-0.3, -0.25) is 9.48 Å². The van der Waals surface area contributed by atoms with E-state index in [-0.39, 0.29) is 12.5 Å². The maximum atomic E-state index is 13.0. The molecule has 1 aromatic carbocycles. The Balaban J connectivity index is 1.56. The van der Waals surface area contributed by atoms with Gasteiger partial charge in [0.2, 0.25) is 5.88 Å². The first-order valence-electron chi connectivity index (χ1n) is 9.76. The summed E-state index contributed by atoms with van der Waals surface area (Å²) in [6.07, 6.45) is 3.67. The van der Waals surface area contributed by atoms with E-state index in [1.807, 2.05) is 48.1 Å². The third-order valence-corrected chi connectivity index (χ3v) is 6.11. The molecule has 0 saturated heterocycles. The van der Waals surface area contributed by atoms with Gasteiger partial charge < -0.3 is 14.8 Å². The first kappa shape index (κ1) is 21.0. The number of aryl methyl sites for hydroxylation is 1. The van der Waals surface area contributed by atoms with Gasteiger partial charge in [-0.25, -0.2) is 4.98 Å². The lowest BCUT2D eigenvalue weighted by molar-refractivity contribution is 0.0954. The van der Waals surface area contributed by atoms with Gasteiger partial charge in [0.15, 0.2) is 5.82 Å². The van der Waals surface area contributed by atoms with Crippen LogP contribution >= 0.6 is 11.3 Å². The Labute approximate surface area is 183 Å². The van der Waals surface area contributed by atoms with Gasteiger partial charge in [0, 0.05) is 26.0 Å². The Hall–Kier alpha value is -3.30. The number of nitrogens with one attached hydrogen (secondary N) is 1. The van der Waals surface area contributed by atoms with Crippen LogP contribution in [0.15, 0.2) is 42.7 Å². The topological polar surface area (TPSA) is 91.2 Å². The van der Waals surface area contributed by atoms with E-state index in [0.717, 1.165) is 22.1 Å². The van der Waals surface area contributed by atoms with E-state index in [1.165, 1.54) is 11.3 Å². The van der Waals surface area contributed by atoms with E-state index >= 15 is 0 Å². The van der Waals surface area contributed by atoms with Crippen LogP contribution in [-0.4, -0.2) is 39.9 Å². The average Bonchev–Trinajstić information content (AvgIpc) is 3.40. The normalized spacial score (nSPS) is 11.1. The van der Waals surface area contributed by atoms with Crippen molar-refractivity contribution in [1.82, 2.24) is 25.1 Å². The molecule has 1 amide bonds. The lowest BCUT2D eigenvalue weighted by Gasteiger charge is -2.11. The zero-order valence-corrected chi connectivity index (χ0v) is 18.4. The van der Waals surface area contributed by atoms with Crippen molar-refractivity contribution in [3.63, 3.8) is 0 Å². The fourth-order valence-corrected chi connectivity index (χ4v) is 4.52. The molecule has 0 aliphatic rings. The molecule has 0 atom stereocenters. The number of aromatic nitrogens is 4. The Kier molecular flexibility index (Phi) is 6.24. The number of nitrogens with zero attached hydrogens (tertiary/aromatic N) is 4. The van der Waals surface area contributed by atoms with Gasteiger partial charge in [-0.15, -0.1) is 11.3 Å². The Morgan fingerprint density at radius 2 is 1.97 bits per heavy atom. The number of ether oxygens (including phenoxy) is 2. The molecule has 9 heteroatoms. The van der Waals surface area contributed by atoms with Gasteiger partial charge in [-0.05, 0) is 29.7 Å². The quantitative estimate of drug-likeness (QED) is 0.455. The van der Waals surface area contributed by atoms with Crippen molar-refractivity contribution < 1.29 is 14.3 Å². The molecule has 3 heterocycles. The molecule has 0 fully saturated rings. The van der Waals surface area contributed by atoms with Crippen LogP contribution in [0, 0.1) is 6.92 Å². The third kappa shape index (κ3) is 4.42. The summed E-state index contributed by atoms with van der Waals surface area (Å²) in [5.74, 6) is 0.826. The predicted octanol–water partition coefficient (Wildman–Crippen LogP) is 3.33. The molecule has 0 aliphatic heterocycles. The van der Waals surface area contributed by atoms with Crippen LogP contribution in [-0.2, 0) is 24.4 Å². The summed E-state index contributed by atoms with van der Waals surface area (Å²) in [7, 11) is 3.15. The van der Waals surface area contributed by atoms with Crippen molar-refractivity contribution in [1.29, 1.82) is 0 Å². The molecule has 0 bridgehead atoms. The molecular weight excluding hydrogens is 414 g/mol. The van der Waals surface area contributed by atoms with Gasteiger partial charge in [-0.1, -0.05) is 24.3 Å². The van der Waals surface area contributed by atoms with E-state index < -0.39 is 0 Å². The molecule has 4 rings (SSSR count). The Morgan fingerprint density at radius 1 is 1.16 bits per heavy atom. The fourth-order valence-electron chi connectivity index (χ4n) is 3.41. The molecule has 0 saturated carbocycles. The van der Waals surface area contributed by atoms with Crippen molar-refractivity contribution in [3.05, 3.63) is 70.1 Å². The van der Waals surface area contributed by atoms with E-state index in [4.69, 9.17) is 9.47 Å². The second-order valence-corrected chi connectivity index (χ2v) is 7.97. The van der Waals surface area contributed by atoms with Crippen molar-refractivity contribution in [2.24, 2.45) is 0 Å². The Morgan fingerprint density at radius 3 is 2.68 bits per heavy atom. The van der Waals surface area contributed by atoms with E-state index in [1.54, 1.807) is 20.4 Å². The number of rotatable bonds is 8. The minimum Gasteiger partial charge on any atom is -0.480 e. The third-order valence-electron chi connectivity index (χ3n) is 4.93. The maximum Gasteiger partial charge on any atom is 0.261 e. The summed E-state index contributed by atoms with van der Waals surface area (Å²) in [5, 5.41) is 8.07. The number of hydrogen-bond acceptors (Lipinski definition) is 7. The molecule has 0 radical (unpaired) electrons. The number of methoxy groups -OCH3 is 2. The van der Waals surface area contributed by atoms with Crippen LogP contribution < -0.4 is 10.1 Å². The molecular formula is C22H23N5O3S. The van der Waals surface area contributed by atoms with Gasteiger partial charge in [-0.2, -0.15) is 10.1 Å². The molecule has 3 aromatic heterocycles.